The second kappa shape index (κ2) is 8.58. The Labute approximate surface area is 169 Å². The predicted molar refractivity (Wildman–Crippen MR) is 112 cm³/mol. The molecule has 1 aliphatic rings. The first-order chi connectivity index (χ1) is 13.4. The molecule has 0 unspecified atom stereocenters. The van der Waals surface area contributed by atoms with E-state index in [1.54, 1.807) is 31.2 Å². The van der Waals surface area contributed by atoms with Crippen LogP contribution in [0.2, 0.25) is 5.02 Å². The number of rotatable bonds is 5. The van der Waals surface area contributed by atoms with Gasteiger partial charge in [0, 0.05) is 49.1 Å². The van der Waals surface area contributed by atoms with Crippen molar-refractivity contribution < 1.29 is 9.72 Å². The number of carbonyl (C=O) groups is 1. The molecule has 0 radical (unpaired) electrons. The van der Waals surface area contributed by atoms with E-state index in [0.717, 1.165) is 38.4 Å². The molecule has 1 saturated heterocycles. The Morgan fingerprint density at radius 3 is 2.50 bits per heavy atom. The number of aryl methyl sites for hydroxylation is 1. The molecule has 7 nitrogen and oxygen atoms in total. The Bertz CT molecular complexity index is 895. The normalized spacial score (nSPS) is 14.8. The first kappa shape index (κ1) is 20.1. The van der Waals surface area contributed by atoms with Crippen molar-refractivity contribution in [3.05, 3.63) is 62.7 Å². The summed E-state index contributed by atoms with van der Waals surface area (Å²) in [4.78, 5) is 27.7. The van der Waals surface area contributed by atoms with Gasteiger partial charge in [-0.25, -0.2) is 0 Å². The molecular formula is C20H23ClN4O3. The van der Waals surface area contributed by atoms with Crippen LogP contribution in [-0.2, 0) is 0 Å². The summed E-state index contributed by atoms with van der Waals surface area (Å²) in [7, 11) is 0. The summed E-state index contributed by atoms with van der Waals surface area (Å²) in [6.07, 6.45) is 0. The number of hydrogen-bond donors (Lipinski definition) is 1. The summed E-state index contributed by atoms with van der Waals surface area (Å²) in [6.45, 7) is 8.65. The first-order valence-electron chi connectivity index (χ1n) is 9.22. The molecule has 1 fully saturated rings. The maximum Gasteiger partial charge on any atom is 0.273 e. The molecule has 0 saturated carbocycles. The minimum absolute atomic E-state index is 0.0766. The van der Waals surface area contributed by atoms with Crippen LogP contribution in [0.5, 0.6) is 0 Å². The van der Waals surface area contributed by atoms with Gasteiger partial charge in [0.2, 0.25) is 0 Å². The molecule has 0 bridgehead atoms. The Balaban J connectivity index is 1.72. The molecule has 1 amide bonds. The number of hydrogen-bond acceptors (Lipinski definition) is 5. The van der Waals surface area contributed by atoms with Crippen LogP contribution in [0.4, 0.5) is 17.1 Å². The SMILES string of the molecule is CCN1CCN(c2ccc(NC(=O)c3ccc(C)c([N+](=O)[O-])c3)cc2Cl)CC1. The molecule has 2 aromatic rings. The van der Waals surface area contributed by atoms with Crippen molar-refractivity contribution >= 4 is 34.6 Å². The van der Waals surface area contributed by atoms with Gasteiger partial charge in [-0.15, -0.1) is 0 Å². The van der Waals surface area contributed by atoms with Crippen LogP contribution in [-0.4, -0.2) is 48.5 Å². The van der Waals surface area contributed by atoms with Crippen LogP contribution >= 0.6 is 11.6 Å². The Kier molecular flexibility index (Phi) is 6.16. The zero-order valence-electron chi connectivity index (χ0n) is 15.9. The van der Waals surface area contributed by atoms with E-state index in [-0.39, 0.29) is 11.3 Å². The Hall–Kier alpha value is -2.64. The summed E-state index contributed by atoms with van der Waals surface area (Å²) in [5.41, 5.74) is 2.16. The molecule has 28 heavy (non-hydrogen) atoms. The van der Waals surface area contributed by atoms with Gasteiger partial charge in [0.05, 0.1) is 15.6 Å². The maximum atomic E-state index is 12.5. The van der Waals surface area contributed by atoms with E-state index in [4.69, 9.17) is 11.6 Å². The molecule has 3 rings (SSSR count). The van der Waals surface area contributed by atoms with E-state index in [1.807, 2.05) is 6.07 Å². The Morgan fingerprint density at radius 2 is 1.89 bits per heavy atom. The lowest BCUT2D eigenvalue weighted by molar-refractivity contribution is -0.385. The van der Waals surface area contributed by atoms with E-state index < -0.39 is 10.8 Å². The molecule has 1 heterocycles. The van der Waals surface area contributed by atoms with Gasteiger partial charge >= 0.3 is 0 Å². The highest BCUT2D eigenvalue weighted by Crippen LogP contribution is 2.30. The van der Waals surface area contributed by atoms with Crippen LogP contribution < -0.4 is 10.2 Å². The first-order valence-corrected chi connectivity index (χ1v) is 9.60. The number of amides is 1. The van der Waals surface area contributed by atoms with Crippen molar-refractivity contribution in [2.45, 2.75) is 13.8 Å². The monoisotopic (exact) mass is 402 g/mol. The van der Waals surface area contributed by atoms with E-state index in [1.165, 1.54) is 6.07 Å². The second-order valence-electron chi connectivity index (χ2n) is 6.80. The lowest BCUT2D eigenvalue weighted by atomic mass is 10.1. The third-order valence-corrected chi connectivity index (χ3v) is 5.34. The Morgan fingerprint density at radius 1 is 1.18 bits per heavy atom. The van der Waals surface area contributed by atoms with E-state index >= 15 is 0 Å². The smallest absolute Gasteiger partial charge is 0.273 e. The van der Waals surface area contributed by atoms with Crippen LogP contribution in [0.3, 0.4) is 0 Å². The average molecular weight is 403 g/mol. The van der Waals surface area contributed by atoms with Crippen molar-refractivity contribution in [1.29, 1.82) is 0 Å². The van der Waals surface area contributed by atoms with Gasteiger partial charge in [-0.3, -0.25) is 14.9 Å². The minimum atomic E-state index is -0.490. The quantitative estimate of drug-likeness (QED) is 0.605. The fraction of sp³-hybridized carbons (Fsp3) is 0.350. The molecule has 1 N–H and O–H groups in total. The molecular weight excluding hydrogens is 380 g/mol. The molecule has 1 aliphatic heterocycles. The molecule has 0 aromatic heterocycles. The van der Waals surface area contributed by atoms with Crippen molar-refractivity contribution in [3.8, 4) is 0 Å². The number of nitrogens with zero attached hydrogens (tertiary/aromatic N) is 3. The highest BCUT2D eigenvalue weighted by molar-refractivity contribution is 6.33. The molecule has 2 aromatic carbocycles. The number of halogens is 1. The average Bonchev–Trinajstić information content (AvgIpc) is 2.68. The van der Waals surface area contributed by atoms with Gasteiger partial charge in [-0.2, -0.15) is 0 Å². The minimum Gasteiger partial charge on any atom is -0.368 e. The van der Waals surface area contributed by atoms with Crippen molar-refractivity contribution in [2.75, 3.05) is 42.9 Å². The molecule has 8 heteroatoms. The summed E-state index contributed by atoms with van der Waals surface area (Å²) >= 11 is 6.45. The van der Waals surface area contributed by atoms with E-state index in [0.29, 0.717) is 16.3 Å². The van der Waals surface area contributed by atoms with E-state index in [2.05, 4.69) is 22.0 Å². The van der Waals surface area contributed by atoms with Crippen LogP contribution in [0.25, 0.3) is 0 Å². The zero-order valence-corrected chi connectivity index (χ0v) is 16.7. The van der Waals surface area contributed by atoms with Crippen LogP contribution in [0.15, 0.2) is 36.4 Å². The van der Waals surface area contributed by atoms with Gasteiger partial charge < -0.3 is 15.1 Å². The number of likely N-dealkylation sites (N-methyl/N-ethyl adjacent to an activating group) is 1. The zero-order chi connectivity index (χ0) is 20.3. The number of nitrogens with one attached hydrogen (secondary N) is 1. The number of anilines is 2. The predicted octanol–water partition coefficient (Wildman–Crippen LogP) is 3.95. The van der Waals surface area contributed by atoms with Gasteiger partial charge in [-0.1, -0.05) is 24.6 Å². The number of nitro groups is 1. The fourth-order valence-electron chi connectivity index (χ4n) is 3.30. The standard InChI is InChI=1S/C20H23ClN4O3/c1-3-23-8-10-24(11-9-23)18-7-6-16(13-17(18)21)22-20(26)15-5-4-14(2)19(12-15)25(27)28/h4-7,12-13H,3,8-11H2,1-2H3,(H,22,26). The summed E-state index contributed by atoms with van der Waals surface area (Å²) in [5.74, 6) is -0.413. The number of benzene rings is 2. The van der Waals surface area contributed by atoms with Gasteiger partial charge in [0.15, 0.2) is 0 Å². The van der Waals surface area contributed by atoms with Crippen LogP contribution in [0, 0.1) is 17.0 Å². The third-order valence-electron chi connectivity index (χ3n) is 5.03. The maximum absolute atomic E-state index is 12.5. The molecule has 0 atom stereocenters. The number of piperazine rings is 1. The van der Waals surface area contributed by atoms with Gasteiger partial charge in [0.1, 0.15) is 0 Å². The summed E-state index contributed by atoms with van der Waals surface area (Å²) in [5, 5.41) is 14.4. The fourth-order valence-corrected chi connectivity index (χ4v) is 3.60. The molecule has 0 spiro atoms. The summed E-state index contributed by atoms with van der Waals surface area (Å²) in [6, 6.07) is 9.84. The lowest BCUT2D eigenvalue weighted by Crippen LogP contribution is -2.46. The van der Waals surface area contributed by atoms with Crippen molar-refractivity contribution in [3.63, 3.8) is 0 Å². The van der Waals surface area contributed by atoms with Gasteiger partial charge in [-0.05, 0) is 37.7 Å². The van der Waals surface area contributed by atoms with Gasteiger partial charge in [0.25, 0.3) is 11.6 Å². The largest absolute Gasteiger partial charge is 0.368 e. The number of nitro benzene ring substituents is 1. The van der Waals surface area contributed by atoms with Crippen LogP contribution in [0.1, 0.15) is 22.8 Å². The van der Waals surface area contributed by atoms with Crippen molar-refractivity contribution in [1.82, 2.24) is 4.90 Å². The summed E-state index contributed by atoms with van der Waals surface area (Å²) < 4.78 is 0. The molecule has 0 aliphatic carbocycles. The lowest BCUT2D eigenvalue weighted by Gasteiger charge is -2.36. The second-order valence-corrected chi connectivity index (χ2v) is 7.21. The highest BCUT2D eigenvalue weighted by atomic mass is 35.5. The number of carbonyl (C=O) groups excluding carboxylic acids is 1. The third kappa shape index (κ3) is 4.43. The van der Waals surface area contributed by atoms with Crippen molar-refractivity contribution in [2.24, 2.45) is 0 Å². The van der Waals surface area contributed by atoms with E-state index in [9.17, 15) is 14.9 Å². The highest BCUT2D eigenvalue weighted by Gasteiger charge is 2.19. The molecule has 148 valence electrons. The topological polar surface area (TPSA) is 78.7 Å².